The second kappa shape index (κ2) is 7.87. The normalized spacial score (nSPS) is 10.0. The second-order valence-corrected chi connectivity index (χ2v) is 4.60. The van der Waals surface area contributed by atoms with Crippen molar-refractivity contribution < 1.29 is 9.18 Å². The lowest BCUT2D eigenvalue weighted by Gasteiger charge is -2.06. The first kappa shape index (κ1) is 15.6. The number of rotatable bonds is 7. The van der Waals surface area contributed by atoms with E-state index in [-0.39, 0.29) is 11.7 Å². The maximum absolute atomic E-state index is 12.8. The molecule has 0 aliphatic heterocycles. The van der Waals surface area contributed by atoms with Gasteiger partial charge in [-0.05, 0) is 24.1 Å². The summed E-state index contributed by atoms with van der Waals surface area (Å²) in [6.45, 7) is 4.55. The number of halogens is 1. The molecule has 0 atom stereocenters. The van der Waals surface area contributed by atoms with E-state index < -0.39 is 0 Å². The van der Waals surface area contributed by atoms with Crippen molar-refractivity contribution in [2.45, 2.75) is 6.42 Å². The van der Waals surface area contributed by atoms with Crippen molar-refractivity contribution in [1.82, 2.24) is 15.3 Å². The monoisotopic (exact) mass is 300 g/mol. The molecule has 0 saturated carbocycles. The number of nitrogens with zero attached hydrogens (tertiary/aromatic N) is 2. The maximum Gasteiger partial charge on any atom is 0.254 e. The molecule has 0 spiro atoms. The Balaban J connectivity index is 1.82. The summed E-state index contributed by atoms with van der Waals surface area (Å²) in [6, 6.07) is 6.35. The highest BCUT2D eigenvalue weighted by atomic mass is 19.1. The lowest BCUT2D eigenvalue weighted by Crippen LogP contribution is -2.23. The highest BCUT2D eigenvalue weighted by Crippen LogP contribution is 2.05. The second-order valence-electron chi connectivity index (χ2n) is 4.60. The molecule has 0 unspecified atom stereocenters. The maximum atomic E-state index is 12.8. The summed E-state index contributed by atoms with van der Waals surface area (Å²) in [5.41, 5.74) is 1.42. The Kier molecular flexibility index (Phi) is 5.59. The number of aromatic nitrogens is 2. The van der Waals surface area contributed by atoms with Gasteiger partial charge in [-0.1, -0.05) is 18.2 Å². The quantitative estimate of drug-likeness (QED) is 0.769. The Morgan fingerprint density at radius 3 is 2.55 bits per heavy atom. The number of carbonyl (C=O) groups is 1. The van der Waals surface area contributed by atoms with Crippen LogP contribution >= 0.6 is 0 Å². The first-order valence-corrected chi connectivity index (χ1v) is 6.88. The zero-order valence-electron chi connectivity index (χ0n) is 12.1. The molecular formula is C16H17FN4O. The summed E-state index contributed by atoms with van der Waals surface area (Å²) in [6.07, 6.45) is 5.26. The van der Waals surface area contributed by atoms with Crippen LogP contribution in [0.25, 0.3) is 0 Å². The zero-order chi connectivity index (χ0) is 15.8. The molecule has 2 N–H and O–H groups in total. The van der Waals surface area contributed by atoms with E-state index in [2.05, 4.69) is 27.2 Å². The van der Waals surface area contributed by atoms with Gasteiger partial charge in [-0.2, -0.15) is 0 Å². The summed E-state index contributed by atoms with van der Waals surface area (Å²) in [5, 5.41) is 5.70. The van der Waals surface area contributed by atoms with Gasteiger partial charge in [-0.25, -0.2) is 14.4 Å². The molecule has 0 aliphatic carbocycles. The molecule has 1 aromatic carbocycles. The third-order valence-electron chi connectivity index (χ3n) is 2.93. The van der Waals surface area contributed by atoms with E-state index in [1.54, 1.807) is 18.2 Å². The van der Waals surface area contributed by atoms with Crippen molar-refractivity contribution in [2.24, 2.45) is 0 Å². The first-order chi connectivity index (χ1) is 10.7. The van der Waals surface area contributed by atoms with Gasteiger partial charge in [0.2, 0.25) is 5.95 Å². The minimum atomic E-state index is -0.245. The Morgan fingerprint density at radius 2 is 1.91 bits per heavy atom. The van der Waals surface area contributed by atoms with E-state index in [1.807, 2.05) is 0 Å². The lowest BCUT2D eigenvalue weighted by atomic mass is 10.1. The summed E-state index contributed by atoms with van der Waals surface area (Å²) >= 11 is 0. The van der Waals surface area contributed by atoms with Gasteiger partial charge in [0, 0.05) is 25.5 Å². The molecule has 1 amide bonds. The fraction of sp³-hybridized carbons (Fsp3) is 0.188. The number of carbonyl (C=O) groups excluding carboxylic acids is 1. The summed E-state index contributed by atoms with van der Waals surface area (Å²) in [4.78, 5) is 19.8. The van der Waals surface area contributed by atoms with Crippen molar-refractivity contribution in [3.63, 3.8) is 0 Å². The highest BCUT2D eigenvalue weighted by Gasteiger charge is 2.05. The van der Waals surface area contributed by atoms with Gasteiger partial charge in [-0.3, -0.25) is 4.79 Å². The molecule has 2 rings (SSSR count). The number of amides is 1. The van der Waals surface area contributed by atoms with Crippen molar-refractivity contribution in [1.29, 1.82) is 0 Å². The number of hydrogen-bond donors (Lipinski definition) is 2. The van der Waals surface area contributed by atoms with Gasteiger partial charge in [0.05, 0.1) is 5.56 Å². The van der Waals surface area contributed by atoms with Crippen LogP contribution in [-0.4, -0.2) is 29.0 Å². The third-order valence-corrected chi connectivity index (χ3v) is 2.93. The molecule has 114 valence electrons. The summed E-state index contributed by atoms with van der Waals surface area (Å²) in [5.74, 6) is -0.0366. The van der Waals surface area contributed by atoms with E-state index in [9.17, 15) is 9.18 Å². The number of nitrogens with one attached hydrogen (secondary N) is 2. The van der Waals surface area contributed by atoms with Crippen LogP contribution in [0.4, 0.5) is 10.3 Å². The van der Waals surface area contributed by atoms with Crippen LogP contribution in [0, 0.1) is 5.82 Å². The molecule has 1 heterocycles. The largest absolute Gasteiger partial charge is 0.354 e. The first-order valence-electron chi connectivity index (χ1n) is 6.88. The number of anilines is 1. The van der Waals surface area contributed by atoms with Crippen molar-refractivity contribution in [2.75, 3.05) is 18.4 Å². The van der Waals surface area contributed by atoms with Gasteiger partial charge in [0.25, 0.3) is 5.91 Å². The average molecular weight is 300 g/mol. The van der Waals surface area contributed by atoms with Crippen LogP contribution < -0.4 is 10.6 Å². The molecule has 0 saturated heterocycles. The Bertz CT molecular complexity index is 626. The minimum absolute atomic E-state index is 0.238. The van der Waals surface area contributed by atoms with Crippen molar-refractivity contribution in [3.05, 3.63) is 66.3 Å². The smallest absolute Gasteiger partial charge is 0.254 e. The SMILES string of the molecule is C=CCNC(=O)c1cnc(NCCc2ccc(F)cc2)nc1. The van der Waals surface area contributed by atoms with Gasteiger partial charge in [0.1, 0.15) is 5.82 Å². The third kappa shape index (κ3) is 4.66. The minimum Gasteiger partial charge on any atom is -0.354 e. The molecule has 1 aromatic heterocycles. The average Bonchev–Trinajstić information content (AvgIpc) is 2.55. The summed E-state index contributed by atoms with van der Waals surface area (Å²) < 4.78 is 12.8. The van der Waals surface area contributed by atoms with Gasteiger partial charge in [-0.15, -0.1) is 6.58 Å². The molecule has 22 heavy (non-hydrogen) atoms. The number of hydrogen-bond acceptors (Lipinski definition) is 4. The highest BCUT2D eigenvalue weighted by molar-refractivity contribution is 5.93. The van der Waals surface area contributed by atoms with Gasteiger partial charge < -0.3 is 10.6 Å². The molecule has 0 radical (unpaired) electrons. The van der Waals surface area contributed by atoms with Crippen molar-refractivity contribution in [3.8, 4) is 0 Å². The molecule has 0 bridgehead atoms. The van der Waals surface area contributed by atoms with E-state index >= 15 is 0 Å². The Hall–Kier alpha value is -2.76. The number of benzene rings is 1. The molecule has 2 aromatic rings. The topological polar surface area (TPSA) is 66.9 Å². The van der Waals surface area contributed by atoms with Crippen LogP contribution in [0.2, 0.25) is 0 Å². The van der Waals surface area contributed by atoms with E-state index in [0.29, 0.717) is 24.6 Å². The van der Waals surface area contributed by atoms with E-state index in [0.717, 1.165) is 12.0 Å². The summed E-state index contributed by atoms with van der Waals surface area (Å²) in [7, 11) is 0. The molecule has 5 nitrogen and oxygen atoms in total. The van der Waals surface area contributed by atoms with E-state index in [1.165, 1.54) is 24.5 Å². The standard InChI is InChI=1S/C16H17FN4O/c1-2-8-18-15(22)13-10-20-16(21-11-13)19-9-7-12-3-5-14(17)6-4-12/h2-6,10-11H,1,7-9H2,(H,18,22)(H,19,20,21). The van der Waals surface area contributed by atoms with Crippen LogP contribution in [0.15, 0.2) is 49.3 Å². The predicted octanol–water partition coefficient (Wildman–Crippen LogP) is 2.19. The lowest BCUT2D eigenvalue weighted by molar-refractivity contribution is 0.0957. The van der Waals surface area contributed by atoms with Crippen LogP contribution in [-0.2, 0) is 6.42 Å². The molecule has 0 aliphatic rings. The fourth-order valence-electron chi connectivity index (χ4n) is 1.77. The molecular weight excluding hydrogens is 283 g/mol. The molecule has 0 fully saturated rings. The Labute approximate surface area is 128 Å². The van der Waals surface area contributed by atoms with Crippen LogP contribution in [0.1, 0.15) is 15.9 Å². The van der Waals surface area contributed by atoms with Crippen LogP contribution in [0.3, 0.4) is 0 Å². The van der Waals surface area contributed by atoms with Gasteiger partial charge in [0.15, 0.2) is 0 Å². The van der Waals surface area contributed by atoms with Crippen molar-refractivity contribution >= 4 is 11.9 Å². The Morgan fingerprint density at radius 1 is 1.23 bits per heavy atom. The van der Waals surface area contributed by atoms with E-state index in [4.69, 9.17) is 0 Å². The van der Waals surface area contributed by atoms with Crippen LogP contribution in [0.5, 0.6) is 0 Å². The predicted molar refractivity (Wildman–Crippen MR) is 83.2 cm³/mol. The zero-order valence-corrected chi connectivity index (χ0v) is 12.1. The fourth-order valence-corrected chi connectivity index (χ4v) is 1.77. The van der Waals surface area contributed by atoms with Gasteiger partial charge >= 0.3 is 0 Å². The molecule has 6 heteroatoms.